The molecule has 0 fully saturated rings. The molecule has 0 aliphatic carbocycles. The van der Waals surface area contributed by atoms with E-state index in [9.17, 15) is 4.79 Å². The van der Waals surface area contributed by atoms with Crippen LogP contribution < -0.4 is 14.8 Å². The van der Waals surface area contributed by atoms with Crippen molar-refractivity contribution in [1.29, 1.82) is 0 Å². The molecule has 0 bridgehead atoms. The predicted molar refractivity (Wildman–Crippen MR) is 98.6 cm³/mol. The maximum atomic E-state index is 12.1. The minimum absolute atomic E-state index is 0.0431. The summed E-state index contributed by atoms with van der Waals surface area (Å²) in [6, 6.07) is 15.0. The normalized spacial score (nSPS) is 10.4. The van der Waals surface area contributed by atoms with Crippen molar-refractivity contribution in [2.24, 2.45) is 0 Å². The van der Waals surface area contributed by atoms with Crippen molar-refractivity contribution < 1.29 is 14.3 Å². The predicted octanol–water partition coefficient (Wildman–Crippen LogP) is 2.88. The minimum atomic E-state index is -0.182. The van der Waals surface area contributed by atoms with Crippen LogP contribution in [0.1, 0.15) is 11.4 Å². The summed E-state index contributed by atoms with van der Waals surface area (Å²) in [5.74, 6) is 2.08. The van der Waals surface area contributed by atoms with Crippen LogP contribution in [-0.4, -0.2) is 29.2 Å². The molecule has 6 nitrogen and oxygen atoms in total. The molecule has 3 aromatic rings. The van der Waals surface area contributed by atoms with Gasteiger partial charge >= 0.3 is 0 Å². The Balaban J connectivity index is 1.57. The smallest absolute Gasteiger partial charge is 0.258 e. The number of amides is 1. The first-order chi connectivity index (χ1) is 12.7. The van der Waals surface area contributed by atoms with Gasteiger partial charge in [0.2, 0.25) is 0 Å². The van der Waals surface area contributed by atoms with Crippen LogP contribution in [0.5, 0.6) is 11.5 Å². The summed E-state index contributed by atoms with van der Waals surface area (Å²) in [7, 11) is 1.60. The molecule has 0 aliphatic rings. The lowest BCUT2D eigenvalue weighted by molar-refractivity contribution is -0.123. The first-order valence-corrected chi connectivity index (χ1v) is 8.29. The first-order valence-electron chi connectivity index (χ1n) is 8.29. The van der Waals surface area contributed by atoms with Crippen molar-refractivity contribution in [3.05, 3.63) is 72.3 Å². The molecule has 0 atom stereocenters. The van der Waals surface area contributed by atoms with Crippen molar-refractivity contribution in [2.75, 3.05) is 13.7 Å². The van der Waals surface area contributed by atoms with E-state index >= 15 is 0 Å². The Hall–Kier alpha value is -3.28. The molecule has 1 N–H and O–H groups in total. The number of nitrogens with zero attached hydrogens (tertiary/aromatic N) is 2. The van der Waals surface area contributed by atoms with Crippen LogP contribution in [0, 0.1) is 6.92 Å². The Bertz CT molecular complexity index is 872. The zero-order valence-corrected chi connectivity index (χ0v) is 14.8. The average molecular weight is 351 g/mol. The highest BCUT2D eigenvalue weighted by Crippen LogP contribution is 2.17. The van der Waals surface area contributed by atoms with E-state index in [1.54, 1.807) is 37.6 Å². The van der Waals surface area contributed by atoms with Gasteiger partial charge in [0, 0.05) is 18.9 Å². The van der Waals surface area contributed by atoms with Crippen molar-refractivity contribution in [3.63, 3.8) is 0 Å². The summed E-state index contributed by atoms with van der Waals surface area (Å²) in [6.07, 6.45) is 3.66. The SMILES string of the molecule is COc1ccc(OCC(=O)NCc2ccccc2-n2ccnc2C)cc1. The molecular formula is C20H21N3O3. The Kier molecular flexibility index (Phi) is 5.53. The number of rotatable bonds is 7. The van der Waals surface area contributed by atoms with Crippen molar-refractivity contribution >= 4 is 5.91 Å². The molecule has 6 heteroatoms. The van der Waals surface area contributed by atoms with E-state index < -0.39 is 0 Å². The largest absolute Gasteiger partial charge is 0.497 e. The molecule has 3 rings (SSSR count). The third-order valence-corrected chi connectivity index (χ3v) is 3.98. The Morgan fingerprint density at radius 1 is 1.12 bits per heavy atom. The van der Waals surface area contributed by atoms with Gasteiger partial charge < -0.3 is 19.4 Å². The fourth-order valence-corrected chi connectivity index (χ4v) is 2.59. The number of aryl methyl sites for hydroxylation is 1. The van der Waals surface area contributed by atoms with E-state index in [-0.39, 0.29) is 12.5 Å². The first kappa shape index (κ1) is 17.5. The maximum Gasteiger partial charge on any atom is 0.258 e. The maximum absolute atomic E-state index is 12.1. The number of hydrogen-bond donors (Lipinski definition) is 1. The lowest BCUT2D eigenvalue weighted by Crippen LogP contribution is -2.28. The van der Waals surface area contributed by atoms with Gasteiger partial charge in [0.15, 0.2) is 6.61 Å². The monoisotopic (exact) mass is 351 g/mol. The van der Waals surface area contributed by atoms with Crippen LogP contribution in [0.15, 0.2) is 60.9 Å². The molecule has 1 aromatic heterocycles. The highest BCUT2D eigenvalue weighted by molar-refractivity contribution is 5.77. The highest BCUT2D eigenvalue weighted by atomic mass is 16.5. The average Bonchev–Trinajstić information content (AvgIpc) is 3.11. The van der Waals surface area contributed by atoms with Gasteiger partial charge in [-0.3, -0.25) is 4.79 Å². The van der Waals surface area contributed by atoms with Gasteiger partial charge in [-0.25, -0.2) is 4.98 Å². The number of nitrogens with one attached hydrogen (secondary N) is 1. The fraction of sp³-hybridized carbons (Fsp3) is 0.200. The van der Waals surface area contributed by atoms with Crippen LogP contribution in [-0.2, 0) is 11.3 Å². The van der Waals surface area contributed by atoms with E-state index in [0.717, 1.165) is 22.8 Å². The van der Waals surface area contributed by atoms with Crippen molar-refractivity contribution in [1.82, 2.24) is 14.9 Å². The van der Waals surface area contributed by atoms with E-state index in [0.29, 0.717) is 12.3 Å². The van der Waals surface area contributed by atoms with Crippen LogP contribution in [0.4, 0.5) is 0 Å². The van der Waals surface area contributed by atoms with E-state index in [2.05, 4.69) is 10.3 Å². The van der Waals surface area contributed by atoms with Crippen molar-refractivity contribution in [3.8, 4) is 17.2 Å². The molecule has 0 spiro atoms. The van der Waals surface area contributed by atoms with Crippen LogP contribution >= 0.6 is 0 Å². The minimum Gasteiger partial charge on any atom is -0.497 e. The standard InChI is InChI=1S/C20H21N3O3/c1-15-21-11-12-23(15)19-6-4-3-5-16(19)13-22-20(24)14-26-18-9-7-17(25-2)8-10-18/h3-12H,13-14H2,1-2H3,(H,22,24). The van der Waals surface area contributed by atoms with Gasteiger partial charge in [0.05, 0.1) is 12.8 Å². The summed E-state index contributed by atoms with van der Waals surface area (Å²) in [4.78, 5) is 16.3. The zero-order chi connectivity index (χ0) is 18.4. The number of imidazole rings is 1. The summed E-state index contributed by atoms with van der Waals surface area (Å²) in [5, 5.41) is 2.89. The van der Waals surface area contributed by atoms with Gasteiger partial charge in [0.25, 0.3) is 5.91 Å². The molecule has 1 heterocycles. The van der Waals surface area contributed by atoms with Crippen LogP contribution in [0.2, 0.25) is 0 Å². The van der Waals surface area contributed by atoms with Gasteiger partial charge in [-0.2, -0.15) is 0 Å². The second kappa shape index (κ2) is 8.20. The lowest BCUT2D eigenvalue weighted by Gasteiger charge is -2.13. The number of carbonyl (C=O) groups is 1. The Morgan fingerprint density at radius 2 is 1.85 bits per heavy atom. The quantitative estimate of drug-likeness (QED) is 0.711. The van der Waals surface area contributed by atoms with E-state index in [1.165, 1.54) is 0 Å². The second-order valence-electron chi connectivity index (χ2n) is 5.71. The molecule has 2 aromatic carbocycles. The third-order valence-electron chi connectivity index (χ3n) is 3.98. The summed E-state index contributed by atoms with van der Waals surface area (Å²) < 4.78 is 12.6. The molecule has 0 aliphatic heterocycles. The van der Waals surface area contributed by atoms with Gasteiger partial charge in [-0.15, -0.1) is 0 Å². The molecule has 0 radical (unpaired) electrons. The number of para-hydroxylation sites is 1. The number of benzene rings is 2. The Labute approximate surface area is 152 Å². The van der Waals surface area contributed by atoms with Crippen LogP contribution in [0.25, 0.3) is 5.69 Å². The summed E-state index contributed by atoms with van der Waals surface area (Å²) >= 11 is 0. The zero-order valence-electron chi connectivity index (χ0n) is 14.8. The van der Waals surface area contributed by atoms with Gasteiger partial charge in [-0.05, 0) is 42.8 Å². The number of ether oxygens (including phenoxy) is 2. The molecule has 0 unspecified atom stereocenters. The van der Waals surface area contributed by atoms with Crippen LogP contribution in [0.3, 0.4) is 0 Å². The van der Waals surface area contributed by atoms with Gasteiger partial charge in [-0.1, -0.05) is 18.2 Å². The molecule has 1 amide bonds. The fourth-order valence-electron chi connectivity index (χ4n) is 2.59. The summed E-state index contributed by atoms with van der Waals surface area (Å²) in [6.45, 7) is 2.31. The Morgan fingerprint density at radius 3 is 2.54 bits per heavy atom. The van der Waals surface area contributed by atoms with Gasteiger partial charge in [0.1, 0.15) is 17.3 Å². The van der Waals surface area contributed by atoms with E-state index in [1.807, 2.05) is 42.0 Å². The summed E-state index contributed by atoms with van der Waals surface area (Å²) in [5.41, 5.74) is 2.00. The second-order valence-corrected chi connectivity index (χ2v) is 5.71. The number of aromatic nitrogens is 2. The molecule has 26 heavy (non-hydrogen) atoms. The number of carbonyl (C=O) groups excluding carboxylic acids is 1. The van der Waals surface area contributed by atoms with Crippen molar-refractivity contribution in [2.45, 2.75) is 13.5 Å². The third kappa shape index (κ3) is 4.22. The molecule has 0 saturated heterocycles. The van der Waals surface area contributed by atoms with E-state index in [4.69, 9.17) is 9.47 Å². The molecule has 134 valence electrons. The highest BCUT2D eigenvalue weighted by Gasteiger charge is 2.08. The number of hydrogen-bond acceptors (Lipinski definition) is 4. The molecule has 0 saturated carbocycles. The topological polar surface area (TPSA) is 65.4 Å². The molecular weight excluding hydrogens is 330 g/mol. The lowest BCUT2D eigenvalue weighted by atomic mass is 10.1. The number of methoxy groups -OCH3 is 1.